The average Bonchev–Trinajstić information content (AvgIpc) is 2.80. The first-order valence-electron chi connectivity index (χ1n) is 7.40. The number of ether oxygens (including phenoxy) is 1. The van der Waals surface area contributed by atoms with Crippen molar-refractivity contribution in [3.05, 3.63) is 29.8 Å². The van der Waals surface area contributed by atoms with Gasteiger partial charge in [-0.1, -0.05) is 17.7 Å². The van der Waals surface area contributed by atoms with E-state index in [-0.39, 0.29) is 29.6 Å². The van der Waals surface area contributed by atoms with Crippen molar-refractivity contribution in [3.8, 4) is 0 Å². The highest BCUT2D eigenvalue weighted by atomic mass is 32.2. The smallest absolute Gasteiger partial charge is 0.331 e. The zero-order valence-corrected chi connectivity index (χ0v) is 14.6. The van der Waals surface area contributed by atoms with Gasteiger partial charge in [-0.25, -0.2) is 26.4 Å². The van der Waals surface area contributed by atoms with Crippen molar-refractivity contribution in [2.45, 2.75) is 24.0 Å². The van der Waals surface area contributed by atoms with Crippen molar-refractivity contribution in [2.75, 3.05) is 24.7 Å². The minimum absolute atomic E-state index is 0.0229. The number of urea groups is 1. The number of benzene rings is 1. The van der Waals surface area contributed by atoms with Gasteiger partial charge in [0.1, 0.15) is 0 Å². The number of rotatable bonds is 2. The number of morpholine rings is 1. The van der Waals surface area contributed by atoms with Gasteiger partial charge in [0, 0.05) is 6.54 Å². The van der Waals surface area contributed by atoms with Crippen LogP contribution in [0.25, 0.3) is 0 Å². The molecule has 0 aromatic heterocycles. The summed E-state index contributed by atoms with van der Waals surface area (Å²) in [7, 11) is -7.31. The van der Waals surface area contributed by atoms with Crippen molar-refractivity contribution in [3.63, 3.8) is 0 Å². The summed E-state index contributed by atoms with van der Waals surface area (Å²) in [5, 5.41) is 0. The van der Waals surface area contributed by atoms with Crippen molar-refractivity contribution in [2.24, 2.45) is 0 Å². The maximum atomic E-state index is 12.4. The van der Waals surface area contributed by atoms with E-state index in [1.807, 2.05) is 11.6 Å². The fourth-order valence-corrected chi connectivity index (χ4v) is 5.75. The fraction of sp³-hybridized carbons (Fsp3) is 0.500. The predicted octanol–water partition coefficient (Wildman–Crippen LogP) is -0.109. The lowest BCUT2D eigenvalue weighted by molar-refractivity contribution is -0.0281. The molecule has 0 saturated carbocycles. The van der Waals surface area contributed by atoms with Crippen molar-refractivity contribution in [1.82, 2.24) is 9.62 Å². The van der Waals surface area contributed by atoms with Gasteiger partial charge in [-0.05, 0) is 19.1 Å². The Bertz CT molecular complexity index is 848. The number of amides is 2. The molecule has 2 aliphatic heterocycles. The molecule has 0 radical (unpaired) electrons. The second-order valence-corrected chi connectivity index (χ2v) is 9.81. The van der Waals surface area contributed by atoms with Crippen LogP contribution in [0.1, 0.15) is 5.56 Å². The number of nitrogens with one attached hydrogen (secondary N) is 1. The van der Waals surface area contributed by atoms with Crippen molar-refractivity contribution >= 4 is 25.9 Å². The maximum Gasteiger partial charge on any atom is 0.331 e. The molecule has 2 aliphatic rings. The molecular formula is C14H18N2O6S2. The van der Waals surface area contributed by atoms with Gasteiger partial charge in [-0.15, -0.1) is 0 Å². The van der Waals surface area contributed by atoms with E-state index in [4.69, 9.17) is 4.74 Å². The van der Waals surface area contributed by atoms with Gasteiger partial charge in [0.05, 0.1) is 35.2 Å². The van der Waals surface area contributed by atoms with Gasteiger partial charge in [-0.2, -0.15) is 0 Å². The van der Waals surface area contributed by atoms with Gasteiger partial charge >= 0.3 is 6.03 Å². The molecule has 1 aromatic carbocycles. The molecule has 2 unspecified atom stereocenters. The minimum atomic E-state index is -4.01. The van der Waals surface area contributed by atoms with Gasteiger partial charge in [0.15, 0.2) is 9.84 Å². The van der Waals surface area contributed by atoms with E-state index >= 15 is 0 Å². The van der Waals surface area contributed by atoms with E-state index in [9.17, 15) is 21.6 Å². The minimum Gasteiger partial charge on any atom is -0.373 e. The molecular weight excluding hydrogens is 356 g/mol. The summed E-state index contributed by atoms with van der Waals surface area (Å²) in [6.07, 6.45) is -0.600. The Hall–Kier alpha value is -1.65. The first-order chi connectivity index (χ1) is 11.2. The zero-order chi connectivity index (χ0) is 17.5. The van der Waals surface area contributed by atoms with E-state index in [0.717, 1.165) is 5.56 Å². The number of fused-ring (bicyclic) bond motifs is 1. The van der Waals surface area contributed by atoms with Crippen LogP contribution in [0.4, 0.5) is 4.79 Å². The van der Waals surface area contributed by atoms with E-state index in [1.165, 1.54) is 17.0 Å². The SMILES string of the molecule is Cc1ccc(S(=O)(=O)NC(=O)N2CCOC3CS(=O)(=O)CC32)cc1. The number of hydrogen-bond donors (Lipinski definition) is 1. The lowest BCUT2D eigenvalue weighted by Crippen LogP contribution is -2.56. The predicted molar refractivity (Wildman–Crippen MR) is 85.8 cm³/mol. The normalized spacial score (nSPS) is 26.0. The summed E-state index contributed by atoms with van der Waals surface area (Å²) in [6, 6.07) is 4.60. The van der Waals surface area contributed by atoms with Crippen LogP contribution in [-0.2, 0) is 24.6 Å². The number of sulfonamides is 1. The molecule has 8 nitrogen and oxygen atoms in total. The van der Waals surface area contributed by atoms with E-state index in [1.54, 1.807) is 12.1 Å². The lowest BCUT2D eigenvalue weighted by Gasteiger charge is -2.36. The highest BCUT2D eigenvalue weighted by Crippen LogP contribution is 2.25. The first-order valence-corrected chi connectivity index (χ1v) is 10.7. The van der Waals surface area contributed by atoms with E-state index in [2.05, 4.69) is 0 Å². The molecule has 2 atom stereocenters. The van der Waals surface area contributed by atoms with Crippen molar-refractivity contribution in [1.29, 1.82) is 0 Å². The number of carbonyl (C=O) groups is 1. The molecule has 3 rings (SSSR count). The quantitative estimate of drug-likeness (QED) is 0.774. The number of aryl methyl sites for hydroxylation is 1. The standard InChI is InChI=1S/C14H18N2O6S2/c1-10-2-4-11(5-3-10)24(20,21)15-14(17)16-6-7-22-13-9-23(18,19)8-12(13)16/h2-5,12-13H,6-9H2,1H3,(H,15,17). The number of nitrogens with zero attached hydrogens (tertiary/aromatic N) is 1. The maximum absolute atomic E-state index is 12.4. The van der Waals surface area contributed by atoms with Gasteiger partial charge in [0.2, 0.25) is 0 Å². The van der Waals surface area contributed by atoms with Crippen LogP contribution in [0.15, 0.2) is 29.2 Å². The number of carbonyl (C=O) groups excluding carboxylic acids is 1. The third-order valence-electron chi connectivity index (χ3n) is 4.15. The second kappa shape index (κ2) is 6.01. The van der Waals surface area contributed by atoms with E-state index in [0.29, 0.717) is 0 Å². The molecule has 2 fully saturated rings. The Balaban J connectivity index is 1.78. The molecule has 2 saturated heterocycles. The molecule has 0 bridgehead atoms. The second-order valence-electron chi connectivity index (χ2n) is 5.97. The number of sulfone groups is 1. The van der Waals surface area contributed by atoms with Gasteiger partial charge < -0.3 is 9.64 Å². The van der Waals surface area contributed by atoms with Crippen LogP contribution in [0, 0.1) is 6.92 Å². The van der Waals surface area contributed by atoms with Gasteiger partial charge in [0.25, 0.3) is 10.0 Å². The molecule has 24 heavy (non-hydrogen) atoms. The number of hydrogen-bond acceptors (Lipinski definition) is 6. The van der Waals surface area contributed by atoms with Crippen LogP contribution in [0.5, 0.6) is 0 Å². The fourth-order valence-electron chi connectivity index (χ4n) is 2.92. The third kappa shape index (κ3) is 3.40. The average molecular weight is 374 g/mol. The summed E-state index contributed by atoms with van der Waals surface area (Å²) in [4.78, 5) is 13.6. The molecule has 1 N–H and O–H groups in total. The lowest BCUT2D eigenvalue weighted by atomic mass is 10.1. The molecule has 2 heterocycles. The Morgan fingerprint density at radius 2 is 1.92 bits per heavy atom. The molecule has 132 valence electrons. The topological polar surface area (TPSA) is 110 Å². The Morgan fingerprint density at radius 1 is 1.25 bits per heavy atom. The third-order valence-corrected chi connectivity index (χ3v) is 7.17. The van der Waals surface area contributed by atoms with Crippen LogP contribution in [-0.4, -0.2) is 64.6 Å². The summed E-state index contributed by atoms with van der Waals surface area (Å²) in [5.74, 6) is -0.359. The Morgan fingerprint density at radius 3 is 2.58 bits per heavy atom. The zero-order valence-electron chi connectivity index (χ0n) is 13.0. The van der Waals surface area contributed by atoms with E-state index < -0.39 is 38.0 Å². The van der Waals surface area contributed by atoms with Crippen LogP contribution in [0.2, 0.25) is 0 Å². The summed E-state index contributed by atoms with van der Waals surface area (Å²) >= 11 is 0. The Kier molecular flexibility index (Phi) is 4.30. The largest absolute Gasteiger partial charge is 0.373 e. The molecule has 0 spiro atoms. The van der Waals surface area contributed by atoms with Crippen molar-refractivity contribution < 1.29 is 26.4 Å². The molecule has 10 heteroatoms. The van der Waals surface area contributed by atoms with Crippen LogP contribution < -0.4 is 4.72 Å². The summed E-state index contributed by atoms with van der Waals surface area (Å²) in [5.41, 5.74) is 0.896. The highest BCUT2D eigenvalue weighted by molar-refractivity contribution is 7.91. The highest BCUT2D eigenvalue weighted by Gasteiger charge is 2.46. The first kappa shape index (κ1) is 17.2. The monoisotopic (exact) mass is 374 g/mol. The Labute approximate surface area is 140 Å². The molecule has 2 amide bonds. The molecule has 0 aliphatic carbocycles. The molecule has 1 aromatic rings. The van der Waals surface area contributed by atoms with Crippen LogP contribution >= 0.6 is 0 Å². The summed E-state index contributed by atoms with van der Waals surface area (Å²) < 4.78 is 55.5. The summed E-state index contributed by atoms with van der Waals surface area (Å²) in [6.45, 7) is 2.14. The van der Waals surface area contributed by atoms with Gasteiger partial charge in [-0.3, -0.25) is 0 Å². The van der Waals surface area contributed by atoms with Crippen LogP contribution in [0.3, 0.4) is 0 Å².